The highest BCUT2D eigenvalue weighted by Gasteiger charge is 2.69. The van der Waals surface area contributed by atoms with Gasteiger partial charge in [-0.15, -0.1) is 0 Å². The second kappa shape index (κ2) is 8.75. The molecule has 28 heavy (non-hydrogen) atoms. The van der Waals surface area contributed by atoms with E-state index in [0.29, 0.717) is 24.7 Å². The van der Waals surface area contributed by atoms with Crippen LogP contribution in [0.15, 0.2) is 0 Å². The van der Waals surface area contributed by atoms with Crippen molar-refractivity contribution in [1.29, 1.82) is 0 Å². The van der Waals surface area contributed by atoms with Gasteiger partial charge in [-0.1, -0.05) is 78.1 Å². The van der Waals surface area contributed by atoms with Crippen molar-refractivity contribution in [2.45, 2.75) is 104 Å². The largest absolute Gasteiger partial charge is 0.481 e. The monoisotopic (exact) mass is 392 g/mol. The van der Waals surface area contributed by atoms with E-state index < -0.39 is 22.8 Å². The van der Waals surface area contributed by atoms with Crippen molar-refractivity contribution in [2.75, 3.05) is 0 Å². The molecule has 0 saturated heterocycles. The summed E-state index contributed by atoms with van der Waals surface area (Å²) in [6.45, 7) is 3.89. The smallest absolute Gasteiger partial charge is 0.311 e. The summed E-state index contributed by atoms with van der Waals surface area (Å²) in [4.78, 5) is 26.0. The third-order valence-electron chi connectivity index (χ3n) is 9.17. The maximum Gasteiger partial charge on any atom is 0.311 e. The molecule has 4 atom stereocenters. The first-order valence-electron chi connectivity index (χ1n) is 11.9. The SMILES string of the molecule is CCC1(C(=O)O)C(C2CCCCC2)CCC(C2CCCCC2)C1(CC)C(=O)O. The summed E-state index contributed by atoms with van der Waals surface area (Å²) in [5, 5.41) is 21.3. The average Bonchev–Trinajstić information content (AvgIpc) is 2.73. The van der Waals surface area contributed by atoms with Crippen molar-refractivity contribution in [1.82, 2.24) is 0 Å². The fourth-order valence-electron chi connectivity index (χ4n) is 8.02. The van der Waals surface area contributed by atoms with Gasteiger partial charge in [-0.2, -0.15) is 0 Å². The molecule has 0 heterocycles. The van der Waals surface area contributed by atoms with Crippen molar-refractivity contribution in [3.8, 4) is 0 Å². The lowest BCUT2D eigenvalue weighted by Gasteiger charge is -2.60. The van der Waals surface area contributed by atoms with Gasteiger partial charge in [0.25, 0.3) is 0 Å². The highest BCUT2D eigenvalue weighted by molar-refractivity contribution is 5.87. The van der Waals surface area contributed by atoms with E-state index in [2.05, 4.69) is 0 Å². The summed E-state index contributed by atoms with van der Waals surface area (Å²) < 4.78 is 0. The van der Waals surface area contributed by atoms with Crippen molar-refractivity contribution < 1.29 is 19.8 Å². The molecule has 0 aromatic heterocycles. The number of hydrogen-bond donors (Lipinski definition) is 2. The van der Waals surface area contributed by atoms with Gasteiger partial charge in [0, 0.05) is 0 Å². The molecular weight excluding hydrogens is 352 g/mol. The van der Waals surface area contributed by atoms with Gasteiger partial charge < -0.3 is 10.2 Å². The van der Waals surface area contributed by atoms with Crippen LogP contribution in [0.3, 0.4) is 0 Å². The van der Waals surface area contributed by atoms with Crippen LogP contribution in [0, 0.1) is 34.5 Å². The zero-order valence-corrected chi connectivity index (χ0v) is 17.9. The number of carboxylic acid groups (broad SMARTS) is 2. The Bertz CT molecular complexity index is 511. The zero-order valence-electron chi connectivity index (χ0n) is 17.9. The van der Waals surface area contributed by atoms with Crippen LogP contribution in [0.25, 0.3) is 0 Å². The summed E-state index contributed by atoms with van der Waals surface area (Å²) in [5.74, 6) is -0.909. The average molecular weight is 393 g/mol. The molecule has 160 valence electrons. The summed E-state index contributed by atoms with van der Waals surface area (Å²) in [7, 11) is 0. The van der Waals surface area contributed by atoms with Crippen molar-refractivity contribution in [3.63, 3.8) is 0 Å². The molecule has 4 unspecified atom stereocenters. The topological polar surface area (TPSA) is 74.6 Å². The van der Waals surface area contributed by atoms with Crippen LogP contribution in [0.4, 0.5) is 0 Å². The molecule has 3 aliphatic carbocycles. The van der Waals surface area contributed by atoms with E-state index >= 15 is 0 Å². The van der Waals surface area contributed by atoms with Gasteiger partial charge in [0.1, 0.15) is 0 Å². The van der Waals surface area contributed by atoms with Gasteiger partial charge >= 0.3 is 11.9 Å². The van der Waals surface area contributed by atoms with E-state index in [-0.39, 0.29) is 11.8 Å². The minimum atomic E-state index is -1.13. The molecule has 3 aliphatic rings. The van der Waals surface area contributed by atoms with Crippen LogP contribution in [0.1, 0.15) is 104 Å². The van der Waals surface area contributed by atoms with Crippen LogP contribution in [-0.4, -0.2) is 22.2 Å². The van der Waals surface area contributed by atoms with Gasteiger partial charge in [-0.25, -0.2) is 0 Å². The van der Waals surface area contributed by atoms with Crippen LogP contribution in [-0.2, 0) is 9.59 Å². The maximum absolute atomic E-state index is 13.0. The van der Waals surface area contributed by atoms with Crippen molar-refractivity contribution in [2.24, 2.45) is 34.5 Å². The van der Waals surface area contributed by atoms with Crippen molar-refractivity contribution >= 4 is 11.9 Å². The van der Waals surface area contributed by atoms with Gasteiger partial charge in [0.2, 0.25) is 0 Å². The Labute approximate surface area is 170 Å². The van der Waals surface area contributed by atoms with Gasteiger partial charge in [0.05, 0.1) is 10.8 Å². The summed E-state index contributed by atoms with van der Waals surface area (Å²) in [6, 6.07) is 0. The predicted molar refractivity (Wildman–Crippen MR) is 110 cm³/mol. The van der Waals surface area contributed by atoms with E-state index in [1.54, 1.807) is 0 Å². The first-order chi connectivity index (χ1) is 13.5. The lowest BCUT2D eigenvalue weighted by Crippen LogP contribution is -2.64. The van der Waals surface area contributed by atoms with Crippen LogP contribution < -0.4 is 0 Å². The Morgan fingerprint density at radius 1 is 0.643 bits per heavy atom. The molecule has 0 aromatic carbocycles. The second-order valence-electron chi connectivity index (χ2n) is 9.85. The van der Waals surface area contributed by atoms with E-state index in [1.165, 1.54) is 38.5 Å². The minimum Gasteiger partial charge on any atom is -0.481 e. The van der Waals surface area contributed by atoms with E-state index in [1.807, 2.05) is 13.8 Å². The van der Waals surface area contributed by atoms with E-state index in [9.17, 15) is 19.8 Å². The first-order valence-corrected chi connectivity index (χ1v) is 11.9. The molecule has 3 rings (SSSR count). The summed E-state index contributed by atoms with van der Waals surface area (Å²) >= 11 is 0. The first kappa shape index (κ1) is 21.6. The quantitative estimate of drug-likeness (QED) is 0.570. The van der Waals surface area contributed by atoms with E-state index in [0.717, 1.165) is 38.5 Å². The third-order valence-corrected chi connectivity index (χ3v) is 9.17. The molecule has 0 radical (unpaired) electrons. The molecule has 4 heteroatoms. The second-order valence-corrected chi connectivity index (χ2v) is 9.85. The van der Waals surface area contributed by atoms with E-state index in [4.69, 9.17) is 0 Å². The lowest BCUT2D eigenvalue weighted by molar-refractivity contribution is -0.208. The molecule has 0 aliphatic heterocycles. The molecular formula is C24H40O4. The molecule has 4 nitrogen and oxygen atoms in total. The Kier molecular flexibility index (Phi) is 6.76. The number of carboxylic acids is 2. The number of hydrogen-bond acceptors (Lipinski definition) is 2. The number of aliphatic carboxylic acids is 2. The Morgan fingerprint density at radius 3 is 1.21 bits per heavy atom. The molecule has 0 aromatic rings. The highest BCUT2D eigenvalue weighted by Crippen LogP contribution is 2.65. The van der Waals surface area contributed by atoms with Gasteiger partial charge in [0.15, 0.2) is 0 Å². The van der Waals surface area contributed by atoms with Crippen LogP contribution in [0.5, 0.6) is 0 Å². The molecule has 0 spiro atoms. The molecule has 3 fully saturated rings. The normalized spacial score (nSPS) is 38.2. The molecule has 0 amide bonds. The zero-order chi connectivity index (χ0) is 20.4. The van der Waals surface area contributed by atoms with Crippen molar-refractivity contribution in [3.05, 3.63) is 0 Å². The van der Waals surface area contributed by atoms with Gasteiger partial charge in [-0.05, 0) is 49.4 Å². The molecule has 2 N–H and O–H groups in total. The summed E-state index contributed by atoms with van der Waals surface area (Å²) in [5.41, 5.74) is -2.26. The fourth-order valence-corrected chi connectivity index (χ4v) is 8.02. The third kappa shape index (κ3) is 3.19. The predicted octanol–water partition coefficient (Wildman–Crippen LogP) is 6.14. The summed E-state index contributed by atoms with van der Waals surface area (Å²) in [6.07, 6.45) is 14.1. The van der Waals surface area contributed by atoms with Crippen LogP contribution in [0.2, 0.25) is 0 Å². The lowest BCUT2D eigenvalue weighted by atomic mass is 9.41. The molecule has 3 saturated carbocycles. The number of rotatable bonds is 6. The van der Waals surface area contributed by atoms with Gasteiger partial charge in [-0.3, -0.25) is 9.59 Å². The fraction of sp³-hybridized carbons (Fsp3) is 0.917. The van der Waals surface area contributed by atoms with Crippen LogP contribution >= 0.6 is 0 Å². The Balaban J connectivity index is 2.11. The Hall–Kier alpha value is -1.06. The molecule has 0 bridgehead atoms. The highest BCUT2D eigenvalue weighted by atomic mass is 16.4. The number of carbonyl (C=O) groups is 2. The Morgan fingerprint density at radius 2 is 0.964 bits per heavy atom. The minimum absolute atomic E-state index is 0.00573. The standard InChI is InChI=1S/C24H40O4/c1-3-23(21(25)26)19(17-11-7-5-8-12-17)15-16-20(18-13-9-6-10-14-18)24(23,4-2)22(27)28/h17-20H,3-16H2,1-2H3,(H,25,26)(H,27,28). The maximum atomic E-state index is 13.0.